The van der Waals surface area contributed by atoms with Crippen molar-refractivity contribution in [2.45, 2.75) is 66.2 Å². The molecular weight excluding hydrogens is 471 g/mol. The molecule has 2 aromatic rings. The van der Waals surface area contributed by atoms with Crippen LogP contribution in [0.25, 0.3) is 4.91 Å². The van der Waals surface area contributed by atoms with Gasteiger partial charge in [-0.05, 0) is 133 Å². The Morgan fingerprint density at radius 1 is 1.00 bits per heavy atom. The normalized spacial score (nSPS) is 14.5. The summed E-state index contributed by atoms with van der Waals surface area (Å²) in [5.74, 6) is 0. The summed E-state index contributed by atoms with van der Waals surface area (Å²) in [6, 6.07) is 9.38. The van der Waals surface area contributed by atoms with Gasteiger partial charge in [0, 0.05) is 8.48 Å². The number of allylic oxidation sites excluding steroid dienone is 1. The van der Waals surface area contributed by atoms with Crippen LogP contribution in [0.1, 0.15) is 65.1 Å². The standard InChI is InChI=1S/C26H31IS/c1-17(11-23-13-20(4)26(27)14-18(23)2)16-28-21(5)24-12-19(3)25-10-8-6-7-9-22(25)15-24/h12-16H,5-11H2,1-4H3/b17-16+. The zero-order valence-corrected chi connectivity index (χ0v) is 20.6. The molecule has 0 saturated carbocycles. The third-order valence-electron chi connectivity index (χ3n) is 5.75. The Kier molecular flexibility index (Phi) is 7.49. The Balaban J connectivity index is 1.72. The van der Waals surface area contributed by atoms with Gasteiger partial charge in [-0.2, -0.15) is 0 Å². The lowest BCUT2D eigenvalue weighted by Gasteiger charge is -2.14. The number of aryl methyl sites for hydroxylation is 4. The van der Waals surface area contributed by atoms with Gasteiger partial charge in [-0.3, -0.25) is 0 Å². The highest BCUT2D eigenvalue weighted by Crippen LogP contribution is 2.33. The zero-order valence-electron chi connectivity index (χ0n) is 17.6. The van der Waals surface area contributed by atoms with E-state index >= 15 is 0 Å². The smallest absolute Gasteiger partial charge is 0.0162 e. The Morgan fingerprint density at radius 3 is 2.54 bits per heavy atom. The molecule has 2 heteroatoms. The van der Waals surface area contributed by atoms with E-state index in [0.29, 0.717) is 0 Å². The molecule has 0 aliphatic heterocycles. The van der Waals surface area contributed by atoms with Crippen LogP contribution in [0, 0.1) is 24.3 Å². The number of fused-ring (bicyclic) bond motifs is 1. The number of rotatable bonds is 5. The van der Waals surface area contributed by atoms with Gasteiger partial charge in [0.05, 0.1) is 0 Å². The number of halogens is 1. The van der Waals surface area contributed by atoms with Crippen LogP contribution >= 0.6 is 34.4 Å². The van der Waals surface area contributed by atoms with Crippen molar-refractivity contribution in [3.63, 3.8) is 0 Å². The summed E-state index contributed by atoms with van der Waals surface area (Å²) in [4.78, 5) is 1.16. The molecule has 0 heterocycles. The Bertz CT molecular complexity index is 921. The third-order valence-corrected chi connectivity index (χ3v) is 7.95. The molecule has 0 amide bonds. The first-order chi connectivity index (χ1) is 13.3. The highest BCUT2D eigenvalue weighted by Gasteiger charge is 2.13. The summed E-state index contributed by atoms with van der Waals surface area (Å²) in [6.45, 7) is 13.3. The molecule has 0 atom stereocenters. The van der Waals surface area contributed by atoms with Crippen LogP contribution in [0.4, 0.5) is 0 Å². The highest BCUT2D eigenvalue weighted by atomic mass is 127. The summed E-state index contributed by atoms with van der Waals surface area (Å²) < 4.78 is 1.35. The fourth-order valence-corrected chi connectivity index (χ4v) is 5.34. The molecule has 2 aromatic carbocycles. The van der Waals surface area contributed by atoms with Gasteiger partial charge in [0.2, 0.25) is 0 Å². The van der Waals surface area contributed by atoms with Crippen molar-refractivity contribution in [2.24, 2.45) is 0 Å². The van der Waals surface area contributed by atoms with E-state index in [0.717, 1.165) is 11.3 Å². The fraction of sp³-hybridized carbons (Fsp3) is 0.385. The van der Waals surface area contributed by atoms with Crippen LogP contribution < -0.4 is 0 Å². The number of hydrogen-bond donors (Lipinski definition) is 0. The average Bonchev–Trinajstić information content (AvgIpc) is 2.90. The van der Waals surface area contributed by atoms with Crippen molar-refractivity contribution in [2.75, 3.05) is 0 Å². The van der Waals surface area contributed by atoms with Gasteiger partial charge in [-0.25, -0.2) is 0 Å². The predicted octanol–water partition coefficient (Wildman–Crippen LogP) is 8.34. The largest absolute Gasteiger partial charge is 0.0981 e. The fourth-order valence-electron chi connectivity index (χ4n) is 4.04. The van der Waals surface area contributed by atoms with Crippen LogP contribution in [-0.4, -0.2) is 0 Å². The molecule has 1 aliphatic carbocycles. The van der Waals surface area contributed by atoms with Gasteiger partial charge in [0.15, 0.2) is 0 Å². The molecule has 0 unspecified atom stereocenters. The van der Waals surface area contributed by atoms with E-state index in [9.17, 15) is 0 Å². The second-order valence-corrected chi connectivity index (χ2v) is 10.3. The minimum absolute atomic E-state index is 1.01. The molecule has 0 bridgehead atoms. The van der Waals surface area contributed by atoms with Crippen LogP contribution in [0.5, 0.6) is 0 Å². The lowest BCUT2D eigenvalue weighted by molar-refractivity contribution is 0.711. The van der Waals surface area contributed by atoms with Gasteiger partial charge in [0.1, 0.15) is 0 Å². The number of benzene rings is 2. The van der Waals surface area contributed by atoms with Crippen molar-refractivity contribution in [3.8, 4) is 0 Å². The predicted molar refractivity (Wildman–Crippen MR) is 135 cm³/mol. The van der Waals surface area contributed by atoms with Crippen molar-refractivity contribution in [1.29, 1.82) is 0 Å². The minimum atomic E-state index is 1.01. The van der Waals surface area contributed by atoms with Crippen LogP contribution in [0.2, 0.25) is 0 Å². The van der Waals surface area contributed by atoms with Crippen LogP contribution in [0.15, 0.2) is 41.8 Å². The summed E-state index contributed by atoms with van der Waals surface area (Å²) in [7, 11) is 0. The van der Waals surface area contributed by atoms with E-state index in [4.69, 9.17) is 0 Å². The summed E-state index contributed by atoms with van der Waals surface area (Å²) in [6.07, 6.45) is 7.49. The molecule has 0 aromatic heterocycles. The van der Waals surface area contributed by atoms with Gasteiger partial charge in [0.25, 0.3) is 0 Å². The quantitative estimate of drug-likeness (QED) is 0.293. The second-order valence-electron chi connectivity index (χ2n) is 8.20. The molecule has 0 radical (unpaired) electrons. The SMILES string of the molecule is C=C(S/C=C(\C)Cc1cc(C)c(I)cc1C)c1cc(C)c2c(c1)CCCCC2. The van der Waals surface area contributed by atoms with Gasteiger partial charge in [-0.15, -0.1) is 0 Å². The number of thioether (sulfide) groups is 1. The first kappa shape index (κ1) is 21.7. The lowest BCUT2D eigenvalue weighted by Crippen LogP contribution is -1.97. The van der Waals surface area contributed by atoms with E-state index in [1.165, 1.54) is 69.1 Å². The molecule has 0 fully saturated rings. The van der Waals surface area contributed by atoms with E-state index in [-0.39, 0.29) is 0 Å². The first-order valence-corrected chi connectivity index (χ1v) is 12.2. The van der Waals surface area contributed by atoms with Crippen molar-refractivity contribution in [3.05, 3.63) is 84.3 Å². The Morgan fingerprint density at radius 2 is 1.75 bits per heavy atom. The molecular formula is C26H31IS. The highest BCUT2D eigenvalue weighted by molar-refractivity contribution is 14.1. The zero-order chi connectivity index (χ0) is 20.3. The van der Waals surface area contributed by atoms with Gasteiger partial charge in [-0.1, -0.05) is 48.5 Å². The van der Waals surface area contributed by atoms with Gasteiger partial charge >= 0.3 is 0 Å². The molecule has 0 spiro atoms. The first-order valence-electron chi connectivity index (χ1n) is 10.2. The van der Waals surface area contributed by atoms with Crippen molar-refractivity contribution < 1.29 is 0 Å². The number of hydrogen-bond acceptors (Lipinski definition) is 1. The van der Waals surface area contributed by atoms with E-state index in [1.807, 2.05) is 0 Å². The summed E-state index contributed by atoms with van der Waals surface area (Å²) in [5.41, 5.74) is 11.5. The monoisotopic (exact) mass is 502 g/mol. The second kappa shape index (κ2) is 9.67. The van der Waals surface area contributed by atoms with Crippen molar-refractivity contribution >= 4 is 39.3 Å². The van der Waals surface area contributed by atoms with Crippen molar-refractivity contribution in [1.82, 2.24) is 0 Å². The van der Waals surface area contributed by atoms with Crippen LogP contribution in [-0.2, 0) is 19.3 Å². The maximum Gasteiger partial charge on any atom is 0.0162 e. The van der Waals surface area contributed by atoms with E-state index in [2.05, 4.69) is 86.5 Å². The third kappa shape index (κ3) is 5.33. The summed E-state index contributed by atoms with van der Waals surface area (Å²) in [5, 5.41) is 2.29. The Labute approximate surface area is 189 Å². The maximum absolute atomic E-state index is 4.38. The molecule has 0 saturated heterocycles. The lowest BCUT2D eigenvalue weighted by atomic mass is 9.95. The Hall–Kier alpha value is -1.00. The molecule has 1 aliphatic rings. The maximum atomic E-state index is 4.38. The topological polar surface area (TPSA) is 0 Å². The van der Waals surface area contributed by atoms with Gasteiger partial charge < -0.3 is 0 Å². The average molecular weight is 503 g/mol. The van der Waals surface area contributed by atoms with Crippen LogP contribution in [0.3, 0.4) is 0 Å². The molecule has 0 nitrogen and oxygen atoms in total. The minimum Gasteiger partial charge on any atom is -0.0981 e. The molecule has 3 rings (SSSR count). The van der Waals surface area contributed by atoms with E-state index in [1.54, 1.807) is 22.9 Å². The summed E-state index contributed by atoms with van der Waals surface area (Å²) >= 11 is 4.20. The molecule has 28 heavy (non-hydrogen) atoms. The molecule has 0 N–H and O–H groups in total. The van der Waals surface area contributed by atoms with E-state index < -0.39 is 0 Å². The molecule has 148 valence electrons.